The van der Waals surface area contributed by atoms with Crippen LogP contribution in [0.2, 0.25) is 0 Å². The Balaban J connectivity index is 2.46. The van der Waals surface area contributed by atoms with Crippen molar-refractivity contribution >= 4 is 10.4 Å². The molecule has 0 aromatic heterocycles. The van der Waals surface area contributed by atoms with E-state index in [1.54, 1.807) is 0 Å². The third kappa shape index (κ3) is 2.31. The predicted molar refractivity (Wildman–Crippen MR) is 53.8 cm³/mol. The molecular weight excluding hydrogens is 150 g/mol. The third-order valence-corrected chi connectivity index (χ3v) is 5.00. The zero-order valence-corrected chi connectivity index (χ0v) is 10.4. The molecule has 0 saturated heterocycles. The van der Waals surface area contributed by atoms with E-state index in [1.165, 1.54) is 36.1 Å². The largest absolute Gasteiger partial charge is 0.325 e. The van der Waals surface area contributed by atoms with Crippen LogP contribution >= 0.6 is 0 Å². The number of rotatable bonds is 1. The number of nitrogens with zero attached hydrogens (tertiary/aromatic N) is 1. The Labute approximate surface area is 73.7 Å². The predicted octanol–water partition coefficient (Wildman–Crippen LogP) is 1.31. The second kappa shape index (κ2) is 3.28. The summed E-state index contributed by atoms with van der Waals surface area (Å²) in [5.41, 5.74) is 0.418. The maximum atomic E-state index is 2.67. The summed E-state index contributed by atoms with van der Waals surface area (Å²) in [6.07, 6.45) is 5.81. The summed E-state index contributed by atoms with van der Waals surface area (Å²) in [5.74, 6) is 0. The zero-order valence-electron chi connectivity index (χ0n) is 8.35. The molecule has 11 heavy (non-hydrogen) atoms. The van der Waals surface area contributed by atoms with Crippen molar-refractivity contribution in [1.82, 2.24) is 4.57 Å². The molecule has 1 fully saturated rings. The van der Waals surface area contributed by atoms with Gasteiger partial charge in [-0.3, -0.25) is 0 Å². The van der Waals surface area contributed by atoms with Crippen molar-refractivity contribution in [3.63, 3.8) is 0 Å². The maximum absolute atomic E-state index is 2.67. The second-order valence-electron chi connectivity index (χ2n) is 4.72. The smallest absolute Gasteiger partial charge is 0.0794 e. The fourth-order valence-corrected chi connectivity index (χ4v) is 2.36. The summed E-state index contributed by atoms with van der Waals surface area (Å²) < 4.78 is 2.67. The molecule has 0 aromatic carbocycles. The van der Waals surface area contributed by atoms with E-state index in [1.807, 2.05) is 0 Å². The molecule has 0 heterocycles. The van der Waals surface area contributed by atoms with Gasteiger partial charge in [0, 0.05) is 11.6 Å². The van der Waals surface area contributed by atoms with Crippen LogP contribution in [0.25, 0.3) is 0 Å². The molecule has 0 amide bonds. The summed E-state index contributed by atoms with van der Waals surface area (Å²) in [6, 6.07) is 0.918. The summed E-state index contributed by atoms with van der Waals surface area (Å²) in [4.78, 5) is 0. The molecule has 0 spiro atoms. The van der Waals surface area contributed by atoms with Crippen LogP contribution in [-0.4, -0.2) is 26.6 Å². The van der Waals surface area contributed by atoms with Crippen molar-refractivity contribution in [2.24, 2.45) is 0 Å². The summed E-state index contributed by atoms with van der Waals surface area (Å²) in [6.45, 7) is 6.99. The first-order valence-corrected chi connectivity index (χ1v) is 5.64. The molecular formula is C9H21NSi. The first-order valence-electron chi connectivity index (χ1n) is 4.75. The van der Waals surface area contributed by atoms with Gasteiger partial charge >= 0.3 is 0 Å². The molecule has 1 aliphatic carbocycles. The van der Waals surface area contributed by atoms with Crippen molar-refractivity contribution in [2.75, 3.05) is 0 Å². The lowest BCUT2D eigenvalue weighted by molar-refractivity contribution is 0.198. The van der Waals surface area contributed by atoms with E-state index < -0.39 is 0 Å². The van der Waals surface area contributed by atoms with E-state index in [0.717, 1.165) is 6.04 Å². The van der Waals surface area contributed by atoms with Gasteiger partial charge in [-0.2, -0.15) is 0 Å². The van der Waals surface area contributed by atoms with Gasteiger partial charge in [-0.1, -0.05) is 12.8 Å². The molecule has 2 heteroatoms. The van der Waals surface area contributed by atoms with Gasteiger partial charge in [-0.25, -0.2) is 0 Å². The van der Waals surface area contributed by atoms with Gasteiger partial charge in [0.25, 0.3) is 0 Å². The first-order chi connectivity index (χ1) is 5.02. The van der Waals surface area contributed by atoms with E-state index >= 15 is 0 Å². The highest BCUT2D eigenvalue weighted by molar-refractivity contribution is 6.05. The van der Waals surface area contributed by atoms with Gasteiger partial charge in [0.05, 0.1) is 10.4 Å². The lowest BCUT2D eigenvalue weighted by Crippen LogP contribution is -2.45. The molecule has 0 radical (unpaired) electrons. The third-order valence-electron chi connectivity index (χ3n) is 2.93. The lowest BCUT2D eigenvalue weighted by atomic mass is 10.1. The van der Waals surface area contributed by atoms with Crippen molar-refractivity contribution in [2.45, 2.75) is 58.0 Å². The molecule has 1 saturated carbocycles. The summed E-state index contributed by atoms with van der Waals surface area (Å²) >= 11 is 0. The molecule has 1 aliphatic rings. The highest BCUT2D eigenvalue weighted by atomic mass is 28.2. The van der Waals surface area contributed by atoms with Gasteiger partial charge in [-0.05, 0) is 33.6 Å². The summed E-state index contributed by atoms with van der Waals surface area (Å²) in [5, 5.41) is 0. The number of hydrogen-bond acceptors (Lipinski definition) is 1. The molecule has 66 valence electrons. The average Bonchev–Trinajstić information content (AvgIpc) is 2.34. The van der Waals surface area contributed by atoms with Gasteiger partial charge in [-0.15, -0.1) is 0 Å². The van der Waals surface area contributed by atoms with Gasteiger partial charge < -0.3 is 4.57 Å². The Bertz CT molecular complexity index is 122. The highest BCUT2D eigenvalue weighted by Gasteiger charge is 2.26. The van der Waals surface area contributed by atoms with Gasteiger partial charge in [0.2, 0.25) is 0 Å². The van der Waals surface area contributed by atoms with Gasteiger partial charge in [0.15, 0.2) is 0 Å². The van der Waals surface area contributed by atoms with Gasteiger partial charge in [0.1, 0.15) is 0 Å². The van der Waals surface area contributed by atoms with Crippen LogP contribution < -0.4 is 0 Å². The molecule has 0 aromatic rings. The Morgan fingerprint density at radius 1 is 1.18 bits per heavy atom. The Morgan fingerprint density at radius 2 is 1.64 bits per heavy atom. The SMILES string of the molecule is CC(C)(C)N([SiH3])C1CCCC1. The van der Waals surface area contributed by atoms with Crippen LogP contribution in [0.1, 0.15) is 46.5 Å². The summed E-state index contributed by atoms with van der Waals surface area (Å²) in [7, 11) is 1.22. The highest BCUT2D eigenvalue weighted by Crippen LogP contribution is 2.26. The van der Waals surface area contributed by atoms with E-state index in [2.05, 4.69) is 25.3 Å². The molecule has 0 atom stereocenters. The second-order valence-corrected chi connectivity index (χ2v) is 5.68. The topological polar surface area (TPSA) is 3.24 Å². The fourth-order valence-electron chi connectivity index (χ4n) is 1.84. The van der Waals surface area contributed by atoms with Crippen LogP contribution in [0, 0.1) is 0 Å². The van der Waals surface area contributed by atoms with E-state index in [4.69, 9.17) is 0 Å². The van der Waals surface area contributed by atoms with Crippen LogP contribution in [0.3, 0.4) is 0 Å². The normalized spacial score (nSPS) is 21.8. The first kappa shape index (κ1) is 9.27. The quantitative estimate of drug-likeness (QED) is 0.538. The minimum absolute atomic E-state index is 0.418. The Morgan fingerprint density at radius 3 is 2.00 bits per heavy atom. The van der Waals surface area contributed by atoms with Crippen molar-refractivity contribution in [3.8, 4) is 0 Å². The number of hydrogen-bond donors (Lipinski definition) is 0. The van der Waals surface area contributed by atoms with Crippen LogP contribution in [0.15, 0.2) is 0 Å². The van der Waals surface area contributed by atoms with E-state index in [0.29, 0.717) is 5.54 Å². The van der Waals surface area contributed by atoms with Crippen LogP contribution in [0.5, 0.6) is 0 Å². The van der Waals surface area contributed by atoms with Crippen molar-refractivity contribution in [1.29, 1.82) is 0 Å². The Hall–Kier alpha value is 0.177. The zero-order chi connectivity index (χ0) is 8.48. The van der Waals surface area contributed by atoms with E-state index in [9.17, 15) is 0 Å². The van der Waals surface area contributed by atoms with Crippen molar-refractivity contribution in [3.05, 3.63) is 0 Å². The monoisotopic (exact) mass is 171 g/mol. The maximum Gasteiger partial charge on any atom is 0.0794 e. The van der Waals surface area contributed by atoms with E-state index in [-0.39, 0.29) is 0 Å². The Kier molecular flexibility index (Phi) is 2.76. The molecule has 0 N–H and O–H groups in total. The lowest BCUT2D eigenvalue weighted by Gasteiger charge is -2.37. The molecule has 1 rings (SSSR count). The van der Waals surface area contributed by atoms with Crippen LogP contribution in [0.4, 0.5) is 0 Å². The average molecular weight is 171 g/mol. The minimum Gasteiger partial charge on any atom is -0.325 e. The van der Waals surface area contributed by atoms with Crippen LogP contribution in [-0.2, 0) is 0 Å². The molecule has 0 bridgehead atoms. The minimum atomic E-state index is 0.418. The molecule has 1 nitrogen and oxygen atoms in total. The fraction of sp³-hybridized carbons (Fsp3) is 1.00. The van der Waals surface area contributed by atoms with Crippen molar-refractivity contribution < 1.29 is 0 Å². The molecule has 0 aliphatic heterocycles. The standard InChI is InChI=1S/C9H21NSi/c1-9(2,3)10(11)8-6-4-5-7-8/h8H,4-7H2,1-3,11H3. The molecule has 0 unspecified atom stereocenters.